The minimum Gasteiger partial charge on any atom is -0.483 e. The van der Waals surface area contributed by atoms with Crippen molar-refractivity contribution in [1.29, 1.82) is 0 Å². The summed E-state index contributed by atoms with van der Waals surface area (Å²) in [4.78, 5) is 26.6. The Hall–Kier alpha value is -3.15. The second-order valence-corrected chi connectivity index (χ2v) is 6.80. The Morgan fingerprint density at radius 3 is 2.96 bits per heavy atom. The number of hydrogen-bond acceptors (Lipinski definition) is 4. The fourth-order valence-corrected chi connectivity index (χ4v) is 3.26. The number of H-pyrrole nitrogens is 1. The Morgan fingerprint density at radius 1 is 1.26 bits per heavy atom. The summed E-state index contributed by atoms with van der Waals surface area (Å²) in [5, 5.41) is 0. The van der Waals surface area contributed by atoms with E-state index >= 15 is 0 Å². The van der Waals surface area contributed by atoms with Crippen LogP contribution in [0.2, 0.25) is 0 Å². The van der Waals surface area contributed by atoms with Gasteiger partial charge in [-0.25, -0.2) is 4.98 Å². The zero-order chi connectivity index (χ0) is 18.8. The number of carbonyl (C=O) groups excluding carboxylic acids is 1. The van der Waals surface area contributed by atoms with E-state index in [1.807, 2.05) is 49.1 Å². The Morgan fingerprint density at radius 2 is 2.15 bits per heavy atom. The molecule has 6 nitrogen and oxygen atoms in total. The topological polar surface area (TPSA) is 71.1 Å². The number of benzene rings is 1. The summed E-state index contributed by atoms with van der Waals surface area (Å²) in [7, 11) is 0. The van der Waals surface area contributed by atoms with Crippen LogP contribution in [0.3, 0.4) is 0 Å². The first-order valence-corrected chi connectivity index (χ1v) is 9.07. The molecule has 0 fully saturated rings. The number of imidazole rings is 1. The number of fused-ring (bicyclic) bond motifs is 1. The Balaban J connectivity index is 1.42. The maximum atomic E-state index is 12.6. The molecular weight excluding hydrogens is 340 g/mol. The maximum absolute atomic E-state index is 12.6. The molecule has 1 aromatic carbocycles. The third-order valence-corrected chi connectivity index (χ3v) is 5.03. The molecule has 3 heterocycles. The van der Waals surface area contributed by atoms with Gasteiger partial charge in [0.1, 0.15) is 11.6 Å². The highest BCUT2D eigenvalue weighted by Gasteiger charge is 2.24. The van der Waals surface area contributed by atoms with Gasteiger partial charge >= 0.3 is 0 Å². The molecule has 0 spiro atoms. The number of amides is 1. The van der Waals surface area contributed by atoms with E-state index in [1.165, 1.54) is 0 Å². The summed E-state index contributed by atoms with van der Waals surface area (Å²) in [6.45, 7) is 5.27. The van der Waals surface area contributed by atoms with Gasteiger partial charge in [-0.15, -0.1) is 0 Å². The molecule has 2 aromatic heterocycles. The lowest BCUT2D eigenvalue weighted by atomic mass is 10.1. The molecule has 1 N–H and O–H groups in total. The number of ether oxygens (including phenoxy) is 1. The number of nitrogens with zero attached hydrogens (tertiary/aromatic N) is 3. The summed E-state index contributed by atoms with van der Waals surface area (Å²) in [5.41, 5.74) is 5.18. The van der Waals surface area contributed by atoms with Crippen molar-refractivity contribution < 1.29 is 9.53 Å². The molecule has 0 atom stereocenters. The molecular formula is C21H22N4O2. The van der Waals surface area contributed by atoms with Gasteiger partial charge in [0.05, 0.1) is 17.9 Å². The molecule has 1 aliphatic rings. The molecule has 1 aliphatic heterocycles. The van der Waals surface area contributed by atoms with Crippen molar-refractivity contribution in [2.24, 2.45) is 0 Å². The fraction of sp³-hybridized carbons (Fsp3) is 0.286. The van der Waals surface area contributed by atoms with Crippen molar-refractivity contribution in [2.75, 3.05) is 13.2 Å². The molecule has 1 amide bonds. The first kappa shape index (κ1) is 17.3. The number of aromatic nitrogens is 3. The van der Waals surface area contributed by atoms with Gasteiger partial charge in [0.15, 0.2) is 6.61 Å². The van der Waals surface area contributed by atoms with Crippen molar-refractivity contribution in [1.82, 2.24) is 19.9 Å². The predicted molar refractivity (Wildman–Crippen MR) is 102 cm³/mol. The van der Waals surface area contributed by atoms with E-state index in [4.69, 9.17) is 4.74 Å². The van der Waals surface area contributed by atoms with Crippen LogP contribution in [0.1, 0.15) is 22.5 Å². The van der Waals surface area contributed by atoms with Crippen LogP contribution in [0.25, 0.3) is 11.4 Å². The molecule has 138 valence electrons. The second-order valence-electron chi connectivity index (χ2n) is 6.80. The standard InChI is InChI=1S/C21H22N4O2/c1-14-5-3-7-19(15(14)2)27-13-20(26)25-10-8-17-18(12-25)24-21(23-17)16-6-4-9-22-11-16/h3-7,9,11H,8,10,12-13H2,1-2H3,(H,23,24). The van der Waals surface area contributed by atoms with Gasteiger partial charge in [0.2, 0.25) is 0 Å². The van der Waals surface area contributed by atoms with E-state index < -0.39 is 0 Å². The van der Waals surface area contributed by atoms with Crippen LogP contribution in [0.4, 0.5) is 0 Å². The van der Waals surface area contributed by atoms with Crippen LogP contribution in [0.5, 0.6) is 5.75 Å². The Bertz CT molecular complexity index is 966. The highest BCUT2D eigenvalue weighted by atomic mass is 16.5. The minimum atomic E-state index is -0.0147. The van der Waals surface area contributed by atoms with Crippen LogP contribution >= 0.6 is 0 Å². The van der Waals surface area contributed by atoms with Gasteiger partial charge in [0.25, 0.3) is 5.91 Å². The molecule has 0 aliphatic carbocycles. The van der Waals surface area contributed by atoms with Crippen LogP contribution in [-0.2, 0) is 17.8 Å². The number of rotatable bonds is 4. The molecule has 3 aromatic rings. The fourth-order valence-electron chi connectivity index (χ4n) is 3.26. The molecule has 27 heavy (non-hydrogen) atoms. The van der Waals surface area contributed by atoms with Gasteiger partial charge in [-0.2, -0.15) is 0 Å². The van der Waals surface area contributed by atoms with Crippen LogP contribution in [0.15, 0.2) is 42.7 Å². The van der Waals surface area contributed by atoms with Crippen molar-refractivity contribution >= 4 is 5.91 Å². The number of hydrogen-bond donors (Lipinski definition) is 1. The van der Waals surface area contributed by atoms with E-state index in [-0.39, 0.29) is 12.5 Å². The summed E-state index contributed by atoms with van der Waals surface area (Å²) in [5.74, 6) is 1.55. The van der Waals surface area contributed by atoms with Crippen molar-refractivity contribution in [3.63, 3.8) is 0 Å². The lowest BCUT2D eigenvalue weighted by Crippen LogP contribution is -2.39. The van der Waals surface area contributed by atoms with Gasteiger partial charge in [0, 0.05) is 30.9 Å². The molecule has 6 heteroatoms. The maximum Gasteiger partial charge on any atom is 0.260 e. The van der Waals surface area contributed by atoms with Gasteiger partial charge in [-0.3, -0.25) is 9.78 Å². The highest BCUT2D eigenvalue weighted by molar-refractivity contribution is 5.78. The van der Waals surface area contributed by atoms with Crippen LogP contribution in [0, 0.1) is 13.8 Å². The summed E-state index contributed by atoms with van der Waals surface area (Å²) >= 11 is 0. The number of aromatic amines is 1. The number of aryl methyl sites for hydroxylation is 1. The van der Waals surface area contributed by atoms with E-state index in [9.17, 15) is 4.79 Å². The van der Waals surface area contributed by atoms with Gasteiger partial charge in [-0.1, -0.05) is 12.1 Å². The monoisotopic (exact) mass is 362 g/mol. The zero-order valence-corrected chi connectivity index (χ0v) is 15.5. The molecule has 0 bridgehead atoms. The number of carbonyl (C=O) groups is 1. The predicted octanol–water partition coefficient (Wildman–Crippen LogP) is 3.05. The number of pyridine rings is 1. The van der Waals surface area contributed by atoms with E-state index in [2.05, 4.69) is 15.0 Å². The van der Waals surface area contributed by atoms with Gasteiger partial charge < -0.3 is 14.6 Å². The summed E-state index contributed by atoms with van der Waals surface area (Å²) in [6, 6.07) is 9.74. The first-order valence-electron chi connectivity index (χ1n) is 9.07. The first-order chi connectivity index (χ1) is 13.1. The molecule has 0 unspecified atom stereocenters. The number of nitrogens with one attached hydrogen (secondary N) is 1. The molecule has 0 saturated heterocycles. The van der Waals surface area contributed by atoms with Crippen molar-refractivity contribution in [3.8, 4) is 17.1 Å². The lowest BCUT2D eigenvalue weighted by Gasteiger charge is -2.26. The van der Waals surface area contributed by atoms with Crippen molar-refractivity contribution in [2.45, 2.75) is 26.8 Å². The molecule has 0 saturated carbocycles. The van der Waals surface area contributed by atoms with Crippen LogP contribution in [-0.4, -0.2) is 38.9 Å². The molecule has 4 rings (SSSR count). The Kier molecular flexibility index (Phi) is 4.62. The molecule has 0 radical (unpaired) electrons. The van der Waals surface area contributed by atoms with Gasteiger partial charge in [-0.05, 0) is 43.2 Å². The minimum absolute atomic E-state index is 0.0147. The highest BCUT2D eigenvalue weighted by Crippen LogP contribution is 2.23. The second kappa shape index (κ2) is 7.23. The normalized spacial score (nSPS) is 13.3. The Labute approximate surface area is 158 Å². The third kappa shape index (κ3) is 3.56. The average Bonchev–Trinajstić information content (AvgIpc) is 3.13. The average molecular weight is 362 g/mol. The summed E-state index contributed by atoms with van der Waals surface area (Å²) < 4.78 is 5.77. The lowest BCUT2D eigenvalue weighted by molar-refractivity contribution is -0.134. The quantitative estimate of drug-likeness (QED) is 0.774. The smallest absolute Gasteiger partial charge is 0.260 e. The zero-order valence-electron chi connectivity index (χ0n) is 15.5. The summed E-state index contributed by atoms with van der Waals surface area (Å²) in [6.07, 6.45) is 4.26. The van der Waals surface area contributed by atoms with E-state index in [1.54, 1.807) is 12.4 Å². The van der Waals surface area contributed by atoms with Crippen molar-refractivity contribution in [3.05, 3.63) is 65.2 Å². The van der Waals surface area contributed by atoms with Crippen LogP contribution < -0.4 is 4.74 Å². The van der Waals surface area contributed by atoms with E-state index in [0.717, 1.165) is 46.1 Å². The van der Waals surface area contributed by atoms with E-state index in [0.29, 0.717) is 13.1 Å². The largest absolute Gasteiger partial charge is 0.483 e. The third-order valence-electron chi connectivity index (χ3n) is 5.03. The SMILES string of the molecule is Cc1cccc(OCC(=O)N2CCc3nc(-c4cccnc4)[nH]c3C2)c1C.